The summed E-state index contributed by atoms with van der Waals surface area (Å²) in [4.78, 5) is 25.9. The third kappa shape index (κ3) is 6.89. The maximum atomic E-state index is 12.3. The number of carbonyl (C=O) groups is 2. The summed E-state index contributed by atoms with van der Waals surface area (Å²) in [5.41, 5.74) is 6.20. The molecule has 10 heteroatoms. The standard InChI is InChI=1S/C15H18N4O2S4/c1-19(7-10-3-5-11(22-2)6-4-10)13(21)9-24-15-18-17-14(25-15)23-8-12(16)20/h3-6H,7-9H2,1-2H3,(H2,16,20). The number of nitrogens with two attached hydrogens (primary N) is 1. The second-order valence-corrected chi connectivity index (χ2v) is 9.28. The van der Waals surface area contributed by atoms with E-state index >= 15 is 0 Å². The normalized spacial score (nSPS) is 10.6. The van der Waals surface area contributed by atoms with E-state index in [-0.39, 0.29) is 11.7 Å². The van der Waals surface area contributed by atoms with Gasteiger partial charge in [0.25, 0.3) is 0 Å². The van der Waals surface area contributed by atoms with Crippen LogP contribution in [0.15, 0.2) is 37.8 Å². The van der Waals surface area contributed by atoms with Gasteiger partial charge in [-0.3, -0.25) is 9.59 Å². The Labute approximate surface area is 163 Å². The molecule has 2 amide bonds. The molecule has 0 saturated heterocycles. The van der Waals surface area contributed by atoms with Crippen LogP contribution in [0.25, 0.3) is 0 Å². The molecule has 0 saturated carbocycles. The molecule has 0 fully saturated rings. The molecule has 6 nitrogen and oxygen atoms in total. The summed E-state index contributed by atoms with van der Waals surface area (Å²) in [6.07, 6.45) is 2.03. The first kappa shape index (κ1) is 20.1. The predicted molar refractivity (Wildman–Crippen MR) is 105 cm³/mol. The van der Waals surface area contributed by atoms with Crippen LogP contribution in [0.4, 0.5) is 0 Å². The SMILES string of the molecule is CSc1ccc(CN(C)C(=O)CSc2nnc(SCC(N)=O)s2)cc1. The van der Waals surface area contributed by atoms with Gasteiger partial charge in [0.05, 0.1) is 11.5 Å². The van der Waals surface area contributed by atoms with Crippen LogP contribution in [0.2, 0.25) is 0 Å². The van der Waals surface area contributed by atoms with Gasteiger partial charge in [-0.15, -0.1) is 22.0 Å². The van der Waals surface area contributed by atoms with Crippen LogP contribution in [-0.4, -0.2) is 51.7 Å². The highest BCUT2D eigenvalue weighted by molar-refractivity contribution is 8.03. The molecule has 0 spiro atoms. The summed E-state index contributed by atoms with van der Waals surface area (Å²) in [5, 5.41) is 7.98. The van der Waals surface area contributed by atoms with Crippen molar-refractivity contribution in [1.29, 1.82) is 0 Å². The van der Waals surface area contributed by atoms with E-state index in [0.717, 1.165) is 5.56 Å². The molecule has 0 aliphatic heterocycles. The van der Waals surface area contributed by atoms with Crippen molar-refractivity contribution in [3.63, 3.8) is 0 Å². The predicted octanol–water partition coefficient (Wildman–Crippen LogP) is 2.59. The van der Waals surface area contributed by atoms with Gasteiger partial charge in [0.15, 0.2) is 8.68 Å². The third-order valence-corrected chi connectivity index (χ3v) is 6.99. The number of thioether (sulfide) groups is 3. The fourth-order valence-corrected chi connectivity index (χ4v) is 4.88. The smallest absolute Gasteiger partial charge is 0.233 e. The molecule has 25 heavy (non-hydrogen) atoms. The molecule has 0 aliphatic carbocycles. The number of hydrogen-bond acceptors (Lipinski definition) is 8. The fourth-order valence-electron chi connectivity index (χ4n) is 1.77. The van der Waals surface area contributed by atoms with E-state index in [1.54, 1.807) is 23.7 Å². The maximum absolute atomic E-state index is 12.3. The van der Waals surface area contributed by atoms with Gasteiger partial charge in [-0.05, 0) is 24.0 Å². The minimum absolute atomic E-state index is 0.0282. The summed E-state index contributed by atoms with van der Waals surface area (Å²) >= 11 is 5.66. The zero-order valence-electron chi connectivity index (χ0n) is 13.8. The van der Waals surface area contributed by atoms with E-state index < -0.39 is 5.91 Å². The molecular formula is C15H18N4O2S4. The number of aromatic nitrogens is 2. The zero-order chi connectivity index (χ0) is 18.2. The average molecular weight is 415 g/mol. The highest BCUT2D eigenvalue weighted by atomic mass is 32.2. The van der Waals surface area contributed by atoms with Gasteiger partial charge in [0, 0.05) is 18.5 Å². The van der Waals surface area contributed by atoms with Crippen molar-refractivity contribution < 1.29 is 9.59 Å². The molecule has 0 unspecified atom stereocenters. The van der Waals surface area contributed by atoms with Gasteiger partial charge in [-0.1, -0.05) is 47.0 Å². The van der Waals surface area contributed by atoms with Crippen LogP contribution in [0.1, 0.15) is 5.56 Å². The molecule has 2 rings (SSSR count). The summed E-state index contributed by atoms with van der Waals surface area (Å²) in [6, 6.07) is 8.19. The number of hydrogen-bond donors (Lipinski definition) is 1. The van der Waals surface area contributed by atoms with Crippen LogP contribution < -0.4 is 5.73 Å². The van der Waals surface area contributed by atoms with Crippen molar-refractivity contribution in [2.45, 2.75) is 20.1 Å². The van der Waals surface area contributed by atoms with Crippen LogP contribution >= 0.6 is 46.6 Å². The van der Waals surface area contributed by atoms with Gasteiger partial charge < -0.3 is 10.6 Å². The Morgan fingerprint density at radius 2 is 1.72 bits per heavy atom. The number of benzene rings is 1. The van der Waals surface area contributed by atoms with Crippen molar-refractivity contribution in [3.05, 3.63) is 29.8 Å². The van der Waals surface area contributed by atoms with Crippen molar-refractivity contribution in [2.24, 2.45) is 5.73 Å². The Bertz CT molecular complexity index is 721. The second-order valence-electron chi connectivity index (χ2n) is 4.98. The highest BCUT2D eigenvalue weighted by Crippen LogP contribution is 2.28. The first-order valence-electron chi connectivity index (χ1n) is 7.22. The number of primary amides is 1. The van der Waals surface area contributed by atoms with E-state index in [1.807, 2.05) is 18.4 Å². The van der Waals surface area contributed by atoms with Gasteiger partial charge >= 0.3 is 0 Å². The molecular weight excluding hydrogens is 396 g/mol. The van der Waals surface area contributed by atoms with Crippen molar-refractivity contribution in [3.8, 4) is 0 Å². The molecule has 1 aromatic heterocycles. The maximum Gasteiger partial charge on any atom is 0.233 e. The first-order chi connectivity index (χ1) is 12.0. The van der Waals surface area contributed by atoms with Crippen molar-refractivity contribution in [1.82, 2.24) is 15.1 Å². The van der Waals surface area contributed by atoms with E-state index in [4.69, 9.17) is 5.73 Å². The number of nitrogens with zero attached hydrogens (tertiary/aromatic N) is 3. The monoisotopic (exact) mass is 414 g/mol. The summed E-state index contributed by atoms with van der Waals surface area (Å²) in [6.45, 7) is 0.573. The fraction of sp³-hybridized carbons (Fsp3) is 0.333. The van der Waals surface area contributed by atoms with E-state index in [0.29, 0.717) is 21.0 Å². The molecule has 1 heterocycles. The molecule has 1 aromatic carbocycles. The highest BCUT2D eigenvalue weighted by Gasteiger charge is 2.13. The zero-order valence-corrected chi connectivity index (χ0v) is 17.1. The Kier molecular flexibility index (Phi) is 8.07. The molecule has 0 bridgehead atoms. The lowest BCUT2D eigenvalue weighted by atomic mass is 10.2. The average Bonchev–Trinajstić information content (AvgIpc) is 3.06. The van der Waals surface area contributed by atoms with Crippen LogP contribution in [0.5, 0.6) is 0 Å². The minimum Gasteiger partial charge on any atom is -0.369 e. The Balaban J connectivity index is 1.79. The Morgan fingerprint density at radius 3 is 2.28 bits per heavy atom. The van der Waals surface area contributed by atoms with Crippen LogP contribution in [0.3, 0.4) is 0 Å². The lowest BCUT2D eigenvalue weighted by molar-refractivity contribution is -0.127. The Morgan fingerprint density at radius 1 is 1.12 bits per heavy atom. The second kappa shape index (κ2) is 10.0. The van der Waals surface area contributed by atoms with E-state index in [9.17, 15) is 9.59 Å². The van der Waals surface area contributed by atoms with E-state index in [1.165, 1.54) is 39.8 Å². The van der Waals surface area contributed by atoms with E-state index in [2.05, 4.69) is 22.3 Å². The molecule has 2 aromatic rings. The lowest BCUT2D eigenvalue weighted by Gasteiger charge is -2.16. The molecule has 0 atom stereocenters. The van der Waals surface area contributed by atoms with Crippen molar-refractivity contribution >= 4 is 58.4 Å². The van der Waals surface area contributed by atoms with Gasteiger partial charge in [0.1, 0.15) is 0 Å². The van der Waals surface area contributed by atoms with Crippen LogP contribution in [-0.2, 0) is 16.1 Å². The summed E-state index contributed by atoms with van der Waals surface area (Å²) in [5.74, 6) is 0.113. The lowest BCUT2D eigenvalue weighted by Crippen LogP contribution is -2.27. The third-order valence-electron chi connectivity index (χ3n) is 3.05. The number of rotatable bonds is 9. The largest absolute Gasteiger partial charge is 0.369 e. The summed E-state index contributed by atoms with van der Waals surface area (Å²) in [7, 11) is 1.79. The summed E-state index contributed by atoms with van der Waals surface area (Å²) < 4.78 is 1.38. The van der Waals surface area contributed by atoms with Gasteiger partial charge in [-0.2, -0.15) is 0 Å². The van der Waals surface area contributed by atoms with Gasteiger partial charge in [-0.25, -0.2) is 0 Å². The van der Waals surface area contributed by atoms with Crippen LogP contribution in [0, 0.1) is 0 Å². The molecule has 134 valence electrons. The van der Waals surface area contributed by atoms with Gasteiger partial charge in [0.2, 0.25) is 11.8 Å². The quantitative estimate of drug-likeness (QED) is 0.631. The first-order valence-corrected chi connectivity index (χ1v) is 11.2. The van der Waals surface area contributed by atoms with Crippen molar-refractivity contribution in [2.75, 3.05) is 24.8 Å². The number of amides is 2. The molecule has 0 aliphatic rings. The molecule has 2 N–H and O–H groups in total. The molecule has 0 radical (unpaired) electrons. The number of carbonyl (C=O) groups excluding carboxylic acids is 2. The topological polar surface area (TPSA) is 89.2 Å². The Hall–Kier alpha value is -1.23. The minimum atomic E-state index is -0.392.